The van der Waals surface area contributed by atoms with Crippen molar-refractivity contribution >= 4 is 17.5 Å². The quantitative estimate of drug-likeness (QED) is 0.640. The van der Waals surface area contributed by atoms with E-state index < -0.39 is 0 Å². The first-order chi connectivity index (χ1) is 14.5. The van der Waals surface area contributed by atoms with E-state index >= 15 is 0 Å². The molecule has 0 unspecified atom stereocenters. The van der Waals surface area contributed by atoms with E-state index in [1.54, 1.807) is 12.1 Å². The highest BCUT2D eigenvalue weighted by molar-refractivity contribution is 5.92. The van der Waals surface area contributed by atoms with E-state index in [1.807, 2.05) is 6.92 Å². The van der Waals surface area contributed by atoms with Crippen LogP contribution in [0.2, 0.25) is 0 Å². The minimum atomic E-state index is -0.371. The lowest BCUT2D eigenvalue weighted by Crippen LogP contribution is -2.54. The average Bonchev–Trinajstić information content (AvgIpc) is 2.74. The summed E-state index contributed by atoms with van der Waals surface area (Å²) >= 11 is 0. The second kappa shape index (κ2) is 11.2. The fraction of sp³-hybridized carbons (Fsp3) is 0.565. The number of nitrogens with one attached hydrogen (secondary N) is 2. The Balaban J connectivity index is 1.35. The zero-order valence-electron chi connectivity index (χ0n) is 17.8. The number of carbonyl (C=O) groups excluding carboxylic acids is 2. The second-order valence-corrected chi connectivity index (χ2v) is 8.20. The Morgan fingerprint density at radius 3 is 2.67 bits per heavy atom. The Bertz CT molecular complexity index is 759. The van der Waals surface area contributed by atoms with Gasteiger partial charge in [0.25, 0.3) is 0 Å². The summed E-state index contributed by atoms with van der Waals surface area (Å²) in [4.78, 5) is 28.9. The van der Waals surface area contributed by atoms with Crippen LogP contribution >= 0.6 is 0 Å². The summed E-state index contributed by atoms with van der Waals surface area (Å²) in [6, 6.07) is 5.72. The van der Waals surface area contributed by atoms with Crippen molar-refractivity contribution in [2.45, 2.75) is 45.1 Å². The van der Waals surface area contributed by atoms with Crippen molar-refractivity contribution in [1.29, 1.82) is 0 Å². The van der Waals surface area contributed by atoms with Gasteiger partial charge in [-0.3, -0.25) is 19.4 Å². The summed E-state index contributed by atoms with van der Waals surface area (Å²) in [6.45, 7) is 5.85. The molecule has 30 heavy (non-hydrogen) atoms. The molecule has 1 aliphatic heterocycles. The topological polar surface area (TPSA) is 64.7 Å². The zero-order chi connectivity index (χ0) is 21.3. The number of rotatable bonds is 8. The predicted octanol–water partition coefficient (Wildman–Crippen LogP) is 2.78. The van der Waals surface area contributed by atoms with Gasteiger partial charge in [-0.1, -0.05) is 17.7 Å². The van der Waals surface area contributed by atoms with Gasteiger partial charge in [0, 0.05) is 38.4 Å². The zero-order valence-corrected chi connectivity index (χ0v) is 17.8. The van der Waals surface area contributed by atoms with Crippen LogP contribution in [0.1, 0.15) is 39.0 Å². The monoisotopic (exact) mass is 416 g/mol. The lowest BCUT2D eigenvalue weighted by Gasteiger charge is -2.37. The number of hydrogen-bond acceptors (Lipinski definition) is 4. The molecular formula is C23H33FN4O2. The minimum Gasteiger partial charge on any atom is -0.354 e. The molecule has 164 valence electrons. The van der Waals surface area contributed by atoms with Crippen LogP contribution in [-0.2, 0) is 9.59 Å². The van der Waals surface area contributed by atoms with Crippen LogP contribution in [0.15, 0.2) is 35.9 Å². The number of allylic oxidation sites excluding steroid dienone is 1. The van der Waals surface area contributed by atoms with Crippen molar-refractivity contribution in [1.82, 2.24) is 15.1 Å². The number of piperazine rings is 1. The number of carbonyl (C=O) groups is 2. The summed E-state index contributed by atoms with van der Waals surface area (Å²) in [5.74, 6) is -0.454. The summed E-state index contributed by atoms with van der Waals surface area (Å²) < 4.78 is 13.2. The molecule has 1 fully saturated rings. The van der Waals surface area contributed by atoms with E-state index in [4.69, 9.17) is 0 Å². The van der Waals surface area contributed by atoms with Crippen molar-refractivity contribution in [2.24, 2.45) is 0 Å². The van der Waals surface area contributed by atoms with Gasteiger partial charge >= 0.3 is 0 Å². The van der Waals surface area contributed by atoms with Crippen LogP contribution in [0, 0.1) is 5.82 Å². The molecule has 1 heterocycles. The average molecular weight is 417 g/mol. The number of hydrogen-bond donors (Lipinski definition) is 2. The van der Waals surface area contributed by atoms with Crippen molar-refractivity contribution in [3.63, 3.8) is 0 Å². The molecule has 1 aromatic carbocycles. The Morgan fingerprint density at radius 2 is 1.97 bits per heavy atom. The highest BCUT2D eigenvalue weighted by Crippen LogP contribution is 2.19. The fourth-order valence-electron chi connectivity index (χ4n) is 4.07. The minimum absolute atomic E-state index is 0.0729. The molecule has 0 bridgehead atoms. The molecule has 1 saturated heterocycles. The molecule has 3 rings (SSSR count). The molecule has 1 aliphatic carbocycles. The third-order valence-corrected chi connectivity index (χ3v) is 5.94. The van der Waals surface area contributed by atoms with Crippen molar-refractivity contribution in [2.75, 3.05) is 44.6 Å². The first kappa shape index (κ1) is 22.4. The maximum absolute atomic E-state index is 13.2. The third-order valence-electron chi connectivity index (χ3n) is 5.94. The van der Waals surface area contributed by atoms with Gasteiger partial charge in [-0.05, 0) is 57.2 Å². The second-order valence-electron chi connectivity index (χ2n) is 8.20. The van der Waals surface area contributed by atoms with Gasteiger partial charge in [0.1, 0.15) is 5.82 Å². The molecule has 1 atom stereocenters. The van der Waals surface area contributed by atoms with Crippen LogP contribution < -0.4 is 10.6 Å². The van der Waals surface area contributed by atoms with E-state index in [1.165, 1.54) is 43.4 Å². The Kier molecular flexibility index (Phi) is 8.39. The van der Waals surface area contributed by atoms with Gasteiger partial charge in [0.2, 0.25) is 11.8 Å². The molecule has 0 spiro atoms. The molecule has 2 amide bonds. The Morgan fingerprint density at radius 1 is 1.17 bits per heavy atom. The summed E-state index contributed by atoms with van der Waals surface area (Å²) in [6.07, 6.45) is 8.16. The number of amides is 2. The SMILES string of the molecule is C[C@H](C(=O)NCCC1=CCCCC1)N1CCN(CC(=O)Nc2cccc(F)c2)CC1. The third kappa shape index (κ3) is 6.92. The molecule has 7 heteroatoms. The number of nitrogens with zero attached hydrogens (tertiary/aromatic N) is 2. The maximum Gasteiger partial charge on any atom is 0.238 e. The highest BCUT2D eigenvalue weighted by atomic mass is 19.1. The van der Waals surface area contributed by atoms with Crippen molar-refractivity contribution in [3.8, 4) is 0 Å². The Hall–Kier alpha value is -2.25. The Labute approximate surface area is 178 Å². The lowest BCUT2D eigenvalue weighted by atomic mass is 9.97. The molecule has 0 radical (unpaired) electrons. The van der Waals surface area contributed by atoms with Crippen LogP contribution in [0.25, 0.3) is 0 Å². The standard InChI is InChI=1S/C23H33FN4O2/c1-18(23(30)25-11-10-19-6-3-2-4-7-19)28-14-12-27(13-15-28)17-22(29)26-21-9-5-8-20(24)16-21/h5-6,8-9,16,18H,2-4,7,10-15,17H2,1H3,(H,25,30)(H,26,29)/t18-/m1/s1. The van der Waals surface area contributed by atoms with Crippen molar-refractivity contribution < 1.29 is 14.0 Å². The van der Waals surface area contributed by atoms with E-state index in [2.05, 4.69) is 26.5 Å². The van der Waals surface area contributed by atoms with Gasteiger partial charge in [-0.25, -0.2) is 4.39 Å². The molecule has 6 nitrogen and oxygen atoms in total. The van der Waals surface area contributed by atoms with Crippen LogP contribution in [0.3, 0.4) is 0 Å². The van der Waals surface area contributed by atoms with Crippen LogP contribution in [-0.4, -0.2) is 66.9 Å². The van der Waals surface area contributed by atoms with Gasteiger partial charge in [0.05, 0.1) is 12.6 Å². The predicted molar refractivity (Wildman–Crippen MR) is 117 cm³/mol. The van der Waals surface area contributed by atoms with Crippen LogP contribution in [0.4, 0.5) is 10.1 Å². The molecule has 1 aromatic rings. The molecule has 0 aromatic heterocycles. The van der Waals surface area contributed by atoms with E-state index in [-0.39, 0.29) is 30.2 Å². The van der Waals surface area contributed by atoms with Gasteiger partial charge in [-0.2, -0.15) is 0 Å². The smallest absolute Gasteiger partial charge is 0.238 e. The molecule has 0 saturated carbocycles. The highest BCUT2D eigenvalue weighted by Gasteiger charge is 2.26. The number of halogens is 1. The van der Waals surface area contributed by atoms with Gasteiger partial charge in [-0.15, -0.1) is 0 Å². The lowest BCUT2D eigenvalue weighted by molar-refractivity contribution is -0.127. The van der Waals surface area contributed by atoms with E-state index in [0.717, 1.165) is 32.6 Å². The molecule has 2 N–H and O–H groups in total. The molecule has 2 aliphatic rings. The van der Waals surface area contributed by atoms with E-state index in [0.29, 0.717) is 12.2 Å². The fourth-order valence-corrected chi connectivity index (χ4v) is 4.07. The number of benzene rings is 1. The van der Waals surface area contributed by atoms with Crippen LogP contribution in [0.5, 0.6) is 0 Å². The number of anilines is 1. The first-order valence-electron chi connectivity index (χ1n) is 11.0. The van der Waals surface area contributed by atoms with Gasteiger partial charge < -0.3 is 10.6 Å². The maximum atomic E-state index is 13.2. The first-order valence-corrected chi connectivity index (χ1v) is 11.0. The van der Waals surface area contributed by atoms with E-state index in [9.17, 15) is 14.0 Å². The summed E-state index contributed by atoms with van der Waals surface area (Å²) in [7, 11) is 0. The van der Waals surface area contributed by atoms with Crippen molar-refractivity contribution in [3.05, 3.63) is 41.7 Å². The molecular weight excluding hydrogens is 383 g/mol. The summed E-state index contributed by atoms with van der Waals surface area (Å²) in [5.41, 5.74) is 1.94. The van der Waals surface area contributed by atoms with Gasteiger partial charge in [0.15, 0.2) is 0 Å². The summed E-state index contributed by atoms with van der Waals surface area (Å²) in [5, 5.41) is 5.80. The largest absolute Gasteiger partial charge is 0.354 e. The normalized spacial score (nSPS) is 19.1.